The molecule has 0 aliphatic carbocycles. The molecule has 2 aromatic rings. The Labute approximate surface area is 109 Å². The third kappa shape index (κ3) is 2.55. The zero-order valence-corrected chi connectivity index (χ0v) is 11.9. The Balaban J connectivity index is 2.19. The number of alkyl halides is 1. The van der Waals surface area contributed by atoms with Crippen LogP contribution in [0.25, 0.3) is 0 Å². The lowest BCUT2D eigenvalue weighted by molar-refractivity contribution is 0.761. The van der Waals surface area contributed by atoms with E-state index >= 15 is 0 Å². The van der Waals surface area contributed by atoms with Gasteiger partial charge in [0.2, 0.25) is 0 Å². The maximum atomic E-state index is 3.81. The first-order valence-corrected chi connectivity index (χ1v) is 7.17. The second-order valence-electron chi connectivity index (χ2n) is 4.05. The molecular weight excluding hydrogens is 280 g/mol. The van der Waals surface area contributed by atoms with Crippen LogP contribution in [0.3, 0.4) is 0 Å². The van der Waals surface area contributed by atoms with E-state index in [1.165, 1.54) is 15.3 Å². The smallest absolute Gasteiger partial charge is 0.0555 e. The van der Waals surface area contributed by atoms with Gasteiger partial charge in [-0.15, -0.1) is 11.3 Å². The molecule has 0 fully saturated rings. The summed E-state index contributed by atoms with van der Waals surface area (Å²) in [5.41, 5.74) is 1.38. The summed E-state index contributed by atoms with van der Waals surface area (Å²) in [6, 6.07) is 15.1. The molecule has 0 aliphatic heterocycles. The molecule has 2 rings (SSSR count). The number of benzene rings is 1. The predicted octanol–water partition coefficient (Wildman–Crippen LogP) is 5.30. The largest absolute Gasteiger partial charge is 0.145 e. The fourth-order valence-corrected chi connectivity index (χ4v) is 3.47. The topological polar surface area (TPSA) is 0 Å². The summed E-state index contributed by atoms with van der Waals surface area (Å²) >= 11 is 5.68. The number of rotatable bonds is 3. The van der Waals surface area contributed by atoms with Gasteiger partial charge < -0.3 is 0 Å². The Hall–Kier alpha value is -0.600. The summed E-state index contributed by atoms with van der Waals surface area (Å²) < 4.78 is 0. The van der Waals surface area contributed by atoms with Crippen LogP contribution in [0.2, 0.25) is 0 Å². The first kappa shape index (κ1) is 11.9. The molecule has 0 amide bonds. The lowest BCUT2D eigenvalue weighted by Crippen LogP contribution is -1.99. The molecule has 2 heteroatoms. The minimum Gasteiger partial charge on any atom is -0.145 e. The molecule has 1 heterocycles. The Kier molecular flexibility index (Phi) is 3.82. The molecule has 0 bridgehead atoms. The molecular formula is C14H15BrS. The third-order valence-corrected chi connectivity index (χ3v) is 5.47. The fourth-order valence-electron chi connectivity index (χ4n) is 1.77. The zero-order chi connectivity index (χ0) is 11.5. The van der Waals surface area contributed by atoms with Crippen molar-refractivity contribution in [2.75, 3.05) is 0 Å². The highest BCUT2D eigenvalue weighted by Gasteiger charge is 2.18. The molecule has 1 aromatic carbocycles. The van der Waals surface area contributed by atoms with Gasteiger partial charge in [0.15, 0.2) is 0 Å². The number of aryl methyl sites for hydroxylation is 1. The standard InChI is InChI=1S/C14H15BrS/c1-10-8-9-13(16-10)14(15)11(2)12-6-4-3-5-7-12/h3-9,11,14H,1-2H3. The first-order chi connectivity index (χ1) is 7.68. The van der Waals surface area contributed by atoms with Crippen LogP contribution in [0.1, 0.15) is 33.0 Å². The van der Waals surface area contributed by atoms with Crippen LogP contribution in [-0.2, 0) is 0 Å². The van der Waals surface area contributed by atoms with Crippen molar-refractivity contribution in [2.24, 2.45) is 0 Å². The quantitative estimate of drug-likeness (QED) is 0.674. The first-order valence-electron chi connectivity index (χ1n) is 5.44. The van der Waals surface area contributed by atoms with Gasteiger partial charge in [-0.05, 0) is 30.5 Å². The SMILES string of the molecule is Cc1ccc(C(Br)C(C)c2ccccc2)s1. The van der Waals surface area contributed by atoms with Gasteiger partial charge in [0.05, 0.1) is 4.83 Å². The average Bonchev–Trinajstić information content (AvgIpc) is 2.75. The molecule has 2 atom stereocenters. The van der Waals surface area contributed by atoms with Crippen molar-refractivity contribution in [3.8, 4) is 0 Å². The van der Waals surface area contributed by atoms with Crippen molar-refractivity contribution in [2.45, 2.75) is 24.6 Å². The van der Waals surface area contributed by atoms with E-state index in [9.17, 15) is 0 Å². The average molecular weight is 295 g/mol. The van der Waals surface area contributed by atoms with Gasteiger partial charge >= 0.3 is 0 Å². The van der Waals surface area contributed by atoms with Crippen LogP contribution < -0.4 is 0 Å². The molecule has 16 heavy (non-hydrogen) atoms. The number of halogens is 1. The molecule has 0 radical (unpaired) electrons. The molecule has 0 spiro atoms. The molecule has 2 unspecified atom stereocenters. The minimum absolute atomic E-state index is 0.411. The fraction of sp³-hybridized carbons (Fsp3) is 0.286. The van der Waals surface area contributed by atoms with E-state index in [0.717, 1.165) is 0 Å². The van der Waals surface area contributed by atoms with E-state index in [1.54, 1.807) is 0 Å². The summed E-state index contributed by atoms with van der Waals surface area (Å²) in [6.45, 7) is 4.42. The second kappa shape index (κ2) is 5.15. The maximum absolute atomic E-state index is 3.81. The van der Waals surface area contributed by atoms with Crippen LogP contribution in [0.15, 0.2) is 42.5 Å². The van der Waals surface area contributed by atoms with Crippen LogP contribution in [0.4, 0.5) is 0 Å². The van der Waals surface area contributed by atoms with Crippen LogP contribution in [0.5, 0.6) is 0 Å². The normalized spacial score (nSPS) is 14.7. The summed E-state index contributed by atoms with van der Waals surface area (Å²) in [5.74, 6) is 0.499. The van der Waals surface area contributed by atoms with Gasteiger partial charge in [0.25, 0.3) is 0 Å². The molecule has 0 saturated carbocycles. The summed E-state index contributed by atoms with van der Waals surface area (Å²) in [6.07, 6.45) is 0. The molecule has 0 N–H and O–H groups in total. The van der Waals surface area contributed by atoms with Gasteiger partial charge in [-0.3, -0.25) is 0 Å². The highest BCUT2D eigenvalue weighted by atomic mass is 79.9. The van der Waals surface area contributed by atoms with E-state index in [0.29, 0.717) is 10.7 Å². The van der Waals surface area contributed by atoms with E-state index < -0.39 is 0 Å². The van der Waals surface area contributed by atoms with Crippen molar-refractivity contribution in [3.63, 3.8) is 0 Å². The van der Waals surface area contributed by atoms with Crippen molar-refractivity contribution in [3.05, 3.63) is 57.8 Å². The predicted molar refractivity (Wildman–Crippen MR) is 75.6 cm³/mol. The highest BCUT2D eigenvalue weighted by Crippen LogP contribution is 2.40. The Morgan fingerprint density at radius 1 is 1.06 bits per heavy atom. The van der Waals surface area contributed by atoms with E-state index in [-0.39, 0.29) is 0 Å². The van der Waals surface area contributed by atoms with Crippen molar-refractivity contribution in [1.29, 1.82) is 0 Å². The van der Waals surface area contributed by atoms with Gasteiger partial charge in [-0.2, -0.15) is 0 Å². The Morgan fingerprint density at radius 2 is 1.75 bits per heavy atom. The van der Waals surface area contributed by atoms with E-state index in [1.807, 2.05) is 11.3 Å². The summed E-state index contributed by atoms with van der Waals surface area (Å²) in [5, 5.41) is 0. The molecule has 0 nitrogen and oxygen atoms in total. The van der Waals surface area contributed by atoms with Crippen LogP contribution in [0, 0.1) is 6.92 Å². The molecule has 0 aliphatic rings. The van der Waals surface area contributed by atoms with Gasteiger partial charge in [0.1, 0.15) is 0 Å². The second-order valence-corrected chi connectivity index (χ2v) is 6.36. The van der Waals surface area contributed by atoms with Crippen LogP contribution >= 0.6 is 27.3 Å². The lowest BCUT2D eigenvalue weighted by Gasteiger charge is -2.17. The summed E-state index contributed by atoms with van der Waals surface area (Å²) in [7, 11) is 0. The van der Waals surface area contributed by atoms with E-state index in [2.05, 4.69) is 72.2 Å². The zero-order valence-electron chi connectivity index (χ0n) is 9.48. The lowest BCUT2D eigenvalue weighted by atomic mass is 9.97. The molecule has 0 saturated heterocycles. The van der Waals surface area contributed by atoms with Crippen molar-refractivity contribution >= 4 is 27.3 Å². The third-order valence-electron chi connectivity index (χ3n) is 2.80. The van der Waals surface area contributed by atoms with Crippen molar-refractivity contribution in [1.82, 2.24) is 0 Å². The molecule has 1 aromatic heterocycles. The number of thiophene rings is 1. The minimum atomic E-state index is 0.411. The number of hydrogen-bond acceptors (Lipinski definition) is 1. The Morgan fingerprint density at radius 3 is 2.31 bits per heavy atom. The van der Waals surface area contributed by atoms with Crippen LogP contribution in [-0.4, -0.2) is 0 Å². The molecule has 84 valence electrons. The number of hydrogen-bond donors (Lipinski definition) is 0. The van der Waals surface area contributed by atoms with Gasteiger partial charge in [-0.25, -0.2) is 0 Å². The van der Waals surface area contributed by atoms with Gasteiger partial charge in [0, 0.05) is 9.75 Å². The monoisotopic (exact) mass is 294 g/mol. The van der Waals surface area contributed by atoms with Crippen molar-refractivity contribution < 1.29 is 0 Å². The Bertz CT molecular complexity index is 447. The van der Waals surface area contributed by atoms with Gasteiger partial charge in [-0.1, -0.05) is 53.2 Å². The summed E-state index contributed by atoms with van der Waals surface area (Å²) in [4.78, 5) is 3.20. The van der Waals surface area contributed by atoms with E-state index in [4.69, 9.17) is 0 Å². The highest BCUT2D eigenvalue weighted by molar-refractivity contribution is 9.09. The maximum Gasteiger partial charge on any atom is 0.0555 e.